The summed E-state index contributed by atoms with van der Waals surface area (Å²) in [7, 11) is 0. The van der Waals surface area contributed by atoms with Crippen LogP contribution in [0.5, 0.6) is 0 Å². The van der Waals surface area contributed by atoms with Crippen molar-refractivity contribution in [3.8, 4) is 0 Å². The maximum absolute atomic E-state index is 12.1. The third kappa shape index (κ3) is 5.74. The van der Waals surface area contributed by atoms with Gasteiger partial charge in [0.2, 0.25) is 5.91 Å². The van der Waals surface area contributed by atoms with E-state index in [1.54, 1.807) is 0 Å². The Hall–Kier alpha value is -1.35. The average Bonchev–Trinajstić information content (AvgIpc) is 2.45. The van der Waals surface area contributed by atoms with Crippen LogP contribution in [-0.4, -0.2) is 30.4 Å². The highest BCUT2D eigenvalue weighted by atomic mass is 16.2. The summed E-state index contributed by atoms with van der Waals surface area (Å²) in [6.07, 6.45) is 2.65. The summed E-state index contributed by atoms with van der Waals surface area (Å²) in [6.45, 7) is 9.69. The van der Waals surface area contributed by atoms with E-state index >= 15 is 0 Å². The summed E-state index contributed by atoms with van der Waals surface area (Å²) in [5, 5.41) is 3.37. The van der Waals surface area contributed by atoms with E-state index < -0.39 is 0 Å². The van der Waals surface area contributed by atoms with Crippen LogP contribution in [0.15, 0.2) is 24.3 Å². The third-order valence-corrected chi connectivity index (χ3v) is 3.43. The molecule has 20 heavy (non-hydrogen) atoms. The fraction of sp³-hybridized carbons (Fsp3) is 0.588. The van der Waals surface area contributed by atoms with Gasteiger partial charge < -0.3 is 10.2 Å². The molecule has 1 N–H and O–H groups in total. The smallest absolute Gasteiger partial charge is 0.223 e. The molecule has 0 aliphatic heterocycles. The number of hydrogen-bond acceptors (Lipinski definition) is 2. The van der Waals surface area contributed by atoms with Crippen LogP contribution in [0.2, 0.25) is 0 Å². The molecule has 0 aromatic heterocycles. The molecule has 0 unspecified atom stereocenters. The molecular weight excluding hydrogens is 248 g/mol. The molecule has 1 amide bonds. The summed E-state index contributed by atoms with van der Waals surface area (Å²) in [6, 6.07) is 8.35. The van der Waals surface area contributed by atoms with Crippen molar-refractivity contribution in [2.75, 3.05) is 19.6 Å². The van der Waals surface area contributed by atoms with E-state index in [0.29, 0.717) is 6.42 Å². The number of carbonyl (C=O) groups excluding carboxylic acids is 1. The zero-order valence-corrected chi connectivity index (χ0v) is 13.1. The quantitative estimate of drug-likeness (QED) is 0.703. The number of nitrogens with one attached hydrogen (secondary N) is 1. The van der Waals surface area contributed by atoms with E-state index in [0.717, 1.165) is 39.0 Å². The van der Waals surface area contributed by atoms with E-state index in [1.807, 2.05) is 4.90 Å². The van der Waals surface area contributed by atoms with E-state index in [1.165, 1.54) is 11.1 Å². The van der Waals surface area contributed by atoms with E-state index in [9.17, 15) is 4.79 Å². The van der Waals surface area contributed by atoms with E-state index in [4.69, 9.17) is 0 Å². The number of rotatable bonds is 9. The molecule has 3 nitrogen and oxygen atoms in total. The SMILES string of the molecule is CCCN(CCC)C(=O)CCNCc1ccccc1C. The van der Waals surface area contributed by atoms with Crippen LogP contribution in [0, 0.1) is 6.92 Å². The van der Waals surface area contributed by atoms with Crippen molar-refractivity contribution in [2.24, 2.45) is 0 Å². The molecule has 0 aliphatic rings. The van der Waals surface area contributed by atoms with Crippen LogP contribution in [0.3, 0.4) is 0 Å². The lowest BCUT2D eigenvalue weighted by molar-refractivity contribution is -0.131. The number of amides is 1. The molecule has 0 fully saturated rings. The molecule has 3 heteroatoms. The first-order valence-corrected chi connectivity index (χ1v) is 7.72. The maximum Gasteiger partial charge on any atom is 0.223 e. The number of aryl methyl sites for hydroxylation is 1. The number of hydrogen-bond donors (Lipinski definition) is 1. The first-order chi connectivity index (χ1) is 9.69. The van der Waals surface area contributed by atoms with Crippen LogP contribution in [0.4, 0.5) is 0 Å². The minimum atomic E-state index is 0.269. The molecule has 0 aliphatic carbocycles. The van der Waals surface area contributed by atoms with Crippen molar-refractivity contribution < 1.29 is 4.79 Å². The van der Waals surface area contributed by atoms with Crippen LogP contribution in [-0.2, 0) is 11.3 Å². The minimum absolute atomic E-state index is 0.269. The monoisotopic (exact) mass is 276 g/mol. The van der Waals surface area contributed by atoms with Crippen LogP contribution in [0.25, 0.3) is 0 Å². The molecular formula is C17H28N2O. The highest BCUT2D eigenvalue weighted by Crippen LogP contribution is 2.06. The maximum atomic E-state index is 12.1. The molecule has 1 aromatic carbocycles. The molecule has 0 heterocycles. The van der Waals surface area contributed by atoms with Gasteiger partial charge in [0.15, 0.2) is 0 Å². The van der Waals surface area contributed by atoms with Gasteiger partial charge in [-0.15, -0.1) is 0 Å². The van der Waals surface area contributed by atoms with Crippen molar-refractivity contribution >= 4 is 5.91 Å². The van der Waals surface area contributed by atoms with Gasteiger partial charge in [0.1, 0.15) is 0 Å². The van der Waals surface area contributed by atoms with Gasteiger partial charge >= 0.3 is 0 Å². The third-order valence-electron chi connectivity index (χ3n) is 3.43. The van der Waals surface area contributed by atoms with Crippen molar-refractivity contribution in [3.05, 3.63) is 35.4 Å². The van der Waals surface area contributed by atoms with Gasteiger partial charge in [-0.05, 0) is 30.9 Å². The van der Waals surface area contributed by atoms with Gasteiger partial charge in [0.05, 0.1) is 0 Å². The first-order valence-electron chi connectivity index (χ1n) is 7.72. The molecule has 1 rings (SSSR count). The van der Waals surface area contributed by atoms with Crippen molar-refractivity contribution in [1.82, 2.24) is 10.2 Å². The topological polar surface area (TPSA) is 32.3 Å². The summed E-state index contributed by atoms with van der Waals surface area (Å²) in [5.74, 6) is 0.269. The van der Waals surface area contributed by atoms with Crippen LogP contribution < -0.4 is 5.32 Å². The number of nitrogens with zero attached hydrogens (tertiary/aromatic N) is 1. The zero-order chi connectivity index (χ0) is 14.8. The largest absolute Gasteiger partial charge is 0.343 e. The lowest BCUT2D eigenvalue weighted by Gasteiger charge is -2.21. The first kappa shape index (κ1) is 16.7. The second-order valence-electron chi connectivity index (χ2n) is 5.23. The van der Waals surface area contributed by atoms with Gasteiger partial charge in [0, 0.05) is 32.6 Å². The number of carbonyl (C=O) groups is 1. The molecule has 0 atom stereocenters. The molecule has 0 saturated heterocycles. The van der Waals surface area contributed by atoms with Gasteiger partial charge in [-0.25, -0.2) is 0 Å². The second kappa shape index (κ2) is 9.54. The van der Waals surface area contributed by atoms with E-state index in [2.05, 4.69) is 50.4 Å². The summed E-state index contributed by atoms with van der Waals surface area (Å²) < 4.78 is 0. The number of benzene rings is 1. The molecule has 1 aromatic rings. The Morgan fingerprint density at radius 2 is 1.80 bits per heavy atom. The Morgan fingerprint density at radius 1 is 1.15 bits per heavy atom. The van der Waals surface area contributed by atoms with Gasteiger partial charge in [-0.3, -0.25) is 4.79 Å². The lowest BCUT2D eigenvalue weighted by atomic mass is 10.1. The Bertz CT molecular complexity index is 398. The second-order valence-corrected chi connectivity index (χ2v) is 5.23. The molecule has 0 saturated carbocycles. The molecule has 0 bridgehead atoms. The van der Waals surface area contributed by atoms with Gasteiger partial charge in [-0.2, -0.15) is 0 Å². The van der Waals surface area contributed by atoms with E-state index in [-0.39, 0.29) is 5.91 Å². The minimum Gasteiger partial charge on any atom is -0.343 e. The Morgan fingerprint density at radius 3 is 2.40 bits per heavy atom. The Kier molecular flexibility index (Phi) is 7.97. The Balaban J connectivity index is 2.29. The van der Waals surface area contributed by atoms with Crippen LogP contribution >= 0.6 is 0 Å². The Labute approximate surface area is 123 Å². The fourth-order valence-electron chi connectivity index (χ4n) is 2.29. The average molecular weight is 276 g/mol. The summed E-state index contributed by atoms with van der Waals surface area (Å²) in [4.78, 5) is 14.1. The predicted molar refractivity (Wildman–Crippen MR) is 84.7 cm³/mol. The highest BCUT2D eigenvalue weighted by molar-refractivity contribution is 5.76. The zero-order valence-electron chi connectivity index (χ0n) is 13.1. The fourth-order valence-corrected chi connectivity index (χ4v) is 2.29. The summed E-state index contributed by atoms with van der Waals surface area (Å²) >= 11 is 0. The predicted octanol–water partition coefficient (Wildman–Crippen LogP) is 3.12. The molecule has 0 radical (unpaired) electrons. The molecule has 112 valence electrons. The highest BCUT2D eigenvalue weighted by Gasteiger charge is 2.10. The molecule has 0 spiro atoms. The van der Waals surface area contributed by atoms with Crippen molar-refractivity contribution in [2.45, 2.75) is 46.6 Å². The van der Waals surface area contributed by atoms with Crippen molar-refractivity contribution in [3.63, 3.8) is 0 Å². The standard InChI is InChI=1S/C17H28N2O/c1-4-12-19(13-5-2)17(20)10-11-18-14-16-9-7-6-8-15(16)3/h6-9,18H,4-5,10-14H2,1-3H3. The normalized spacial score (nSPS) is 10.6. The summed E-state index contributed by atoms with van der Waals surface area (Å²) in [5.41, 5.74) is 2.60. The van der Waals surface area contributed by atoms with Gasteiger partial charge in [0.25, 0.3) is 0 Å². The van der Waals surface area contributed by atoms with Gasteiger partial charge in [-0.1, -0.05) is 38.1 Å². The van der Waals surface area contributed by atoms with Crippen molar-refractivity contribution in [1.29, 1.82) is 0 Å². The lowest BCUT2D eigenvalue weighted by Crippen LogP contribution is -2.34. The van der Waals surface area contributed by atoms with Crippen LogP contribution in [0.1, 0.15) is 44.2 Å².